The number of nitrogens with one attached hydrogen (secondary N) is 2. The third-order valence-electron chi connectivity index (χ3n) is 9.72. The van der Waals surface area contributed by atoms with Crippen molar-refractivity contribution in [2.75, 3.05) is 45.8 Å². The molecule has 2 amide bonds. The molecule has 0 unspecified atom stereocenters. The lowest BCUT2D eigenvalue weighted by Crippen LogP contribution is -2.51. The summed E-state index contributed by atoms with van der Waals surface area (Å²) in [5.41, 5.74) is 2.22. The number of nitrogens with zero attached hydrogens (tertiary/aromatic N) is 2. The molecule has 2 aliphatic rings. The van der Waals surface area contributed by atoms with Crippen LogP contribution in [0.2, 0.25) is 5.02 Å². The van der Waals surface area contributed by atoms with Crippen LogP contribution in [0, 0.1) is 0 Å². The summed E-state index contributed by atoms with van der Waals surface area (Å²) in [5.74, 6) is 0. The Balaban J connectivity index is 1.25. The van der Waals surface area contributed by atoms with Crippen LogP contribution in [0.25, 0.3) is 0 Å². The van der Waals surface area contributed by atoms with Crippen molar-refractivity contribution in [2.45, 2.75) is 62.5 Å². The van der Waals surface area contributed by atoms with Crippen LogP contribution in [0.1, 0.15) is 62.1 Å². The first-order valence-electron chi connectivity index (χ1n) is 16.0. The Bertz CT molecular complexity index is 1230. The molecule has 0 spiro atoms. The van der Waals surface area contributed by atoms with Gasteiger partial charge >= 0.3 is 6.03 Å². The van der Waals surface area contributed by atoms with E-state index in [0.717, 1.165) is 70.5 Å². The summed E-state index contributed by atoms with van der Waals surface area (Å²) in [7, 11) is 0. The second kappa shape index (κ2) is 14.7. The van der Waals surface area contributed by atoms with Crippen LogP contribution in [-0.4, -0.2) is 72.8 Å². The van der Waals surface area contributed by atoms with Crippen molar-refractivity contribution in [3.8, 4) is 0 Å². The number of hydrogen-bond acceptors (Lipinski definition) is 4. The van der Waals surface area contributed by atoms with E-state index in [1.807, 2.05) is 24.3 Å². The number of likely N-dealkylation sites (tertiary alicyclic amines) is 2. The highest BCUT2D eigenvalue weighted by Gasteiger charge is 2.36. The Morgan fingerprint density at radius 1 is 0.884 bits per heavy atom. The van der Waals surface area contributed by atoms with Gasteiger partial charge in [-0.1, -0.05) is 91.3 Å². The third-order valence-corrected chi connectivity index (χ3v) is 9.97. The Morgan fingerprint density at radius 2 is 1.47 bits per heavy atom. The predicted molar refractivity (Wildman–Crippen MR) is 176 cm³/mol. The fourth-order valence-electron chi connectivity index (χ4n) is 6.92. The molecule has 0 aromatic heterocycles. The highest BCUT2D eigenvalue weighted by molar-refractivity contribution is 6.30. The number of urea groups is 1. The zero-order valence-electron chi connectivity index (χ0n) is 25.5. The van der Waals surface area contributed by atoms with Crippen molar-refractivity contribution >= 4 is 17.6 Å². The monoisotopic (exact) mass is 602 g/mol. The van der Waals surface area contributed by atoms with Gasteiger partial charge in [0.25, 0.3) is 0 Å². The Morgan fingerprint density at radius 3 is 2.02 bits per heavy atom. The summed E-state index contributed by atoms with van der Waals surface area (Å²) in [4.78, 5) is 18.1. The van der Waals surface area contributed by atoms with Gasteiger partial charge in [-0.25, -0.2) is 4.79 Å². The molecule has 7 heteroatoms. The zero-order valence-corrected chi connectivity index (χ0v) is 26.2. The van der Waals surface area contributed by atoms with Crippen molar-refractivity contribution in [3.63, 3.8) is 0 Å². The number of hydrogen-bond donors (Lipinski definition) is 3. The smallest absolute Gasteiger partial charge is 0.315 e. The Labute approximate surface area is 262 Å². The SMILES string of the molecule is CCN1CCC(NC(=O)NCC(CCCN2CCC(O)(c3ccc(Cl)cc3)CC2)(c2ccccc2)c2ccccc2)CC1. The number of piperidine rings is 2. The van der Waals surface area contributed by atoms with Crippen LogP contribution in [-0.2, 0) is 11.0 Å². The molecule has 5 rings (SSSR count). The van der Waals surface area contributed by atoms with E-state index in [0.29, 0.717) is 24.4 Å². The molecule has 230 valence electrons. The lowest BCUT2D eigenvalue weighted by molar-refractivity contribution is -0.0262. The average Bonchev–Trinajstić information content (AvgIpc) is 3.05. The average molecular weight is 603 g/mol. The van der Waals surface area contributed by atoms with E-state index in [2.05, 4.69) is 88.0 Å². The lowest BCUT2D eigenvalue weighted by Gasteiger charge is -2.40. The van der Waals surface area contributed by atoms with Gasteiger partial charge in [-0.05, 0) is 80.4 Å². The van der Waals surface area contributed by atoms with Crippen molar-refractivity contribution in [2.24, 2.45) is 0 Å². The van der Waals surface area contributed by atoms with Crippen molar-refractivity contribution in [1.82, 2.24) is 20.4 Å². The molecule has 0 radical (unpaired) electrons. The van der Waals surface area contributed by atoms with E-state index in [-0.39, 0.29) is 17.5 Å². The molecule has 6 nitrogen and oxygen atoms in total. The molecular weight excluding hydrogens is 556 g/mol. The largest absolute Gasteiger partial charge is 0.385 e. The number of halogens is 1. The second-order valence-electron chi connectivity index (χ2n) is 12.3. The van der Waals surface area contributed by atoms with Gasteiger partial charge in [0.15, 0.2) is 0 Å². The summed E-state index contributed by atoms with van der Waals surface area (Å²) < 4.78 is 0. The second-order valence-corrected chi connectivity index (χ2v) is 12.8. The first-order valence-corrected chi connectivity index (χ1v) is 16.4. The fourth-order valence-corrected chi connectivity index (χ4v) is 7.05. The summed E-state index contributed by atoms with van der Waals surface area (Å²) >= 11 is 6.08. The first-order chi connectivity index (χ1) is 20.9. The highest BCUT2D eigenvalue weighted by atomic mass is 35.5. The quantitative estimate of drug-likeness (QED) is 0.245. The maximum atomic E-state index is 13.2. The third kappa shape index (κ3) is 7.98. The summed E-state index contributed by atoms with van der Waals surface area (Å²) in [6, 6.07) is 29.0. The minimum atomic E-state index is -0.802. The molecule has 0 atom stereocenters. The summed E-state index contributed by atoms with van der Waals surface area (Å²) in [5, 5.41) is 18.6. The minimum Gasteiger partial charge on any atom is -0.385 e. The summed E-state index contributed by atoms with van der Waals surface area (Å²) in [6.45, 7) is 8.49. The maximum absolute atomic E-state index is 13.2. The normalized spacial score (nSPS) is 18.3. The zero-order chi connectivity index (χ0) is 30.1. The Hall–Kier alpha value is -2.90. The van der Waals surface area contributed by atoms with Gasteiger partial charge in [-0.2, -0.15) is 0 Å². The molecule has 0 saturated carbocycles. The Kier molecular flexibility index (Phi) is 10.8. The van der Waals surface area contributed by atoms with E-state index in [1.165, 1.54) is 11.1 Å². The van der Waals surface area contributed by atoms with Crippen LogP contribution in [0.15, 0.2) is 84.9 Å². The molecule has 0 bridgehead atoms. The van der Waals surface area contributed by atoms with Crippen LogP contribution < -0.4 is 10.6 Å². The van der Waals surface area contributed by atoms with Crippen molar-refractivity contribution in [3.05, 3.63) is 107 Å². The van der Waals surface area contributed by atoms with E-state index in [4.69, 9.17) is 11.6 Å². The van der Waals surface area contributed by atoms with Crippen LogP contribution >= 0.6 is 11.6 Å². The molecule has 2 saturated heterocycles. The van der Waals surface area contributed by atoms with Crippen LogP contribution in [0.5, 0.6) is 0 Å². The maximum Gasteiger partial charge on any atom is 0.315 e. The van der Waals surface area contributed by atoms with Gasteiger partial charge in [0.1, 0.15) is 0 Å². The van der Waals surface area contributed by atoms with Gasteiger partial charge in [0, 0.05) is 49.2 Å². The molecule has 2 fully saturated rings. The van der Waals surface area contributed by atoms with Crippen molar-refractivity contribution < 1.29 is 9.90 Å². The summed E-state index contributed by atoms with van der Waals surface area (Å²) in [6.07, 6.45) is 5.27. The van der Waals surface area contributed by atoms with Crippen LogP contribution in [0.3, 0.4) is 0 Å². The molecule has 2 aliphatic heterocycles. The molecule has 3 aromatic rings. The number of carbonyl (C=O) groups excluding carboxylic acids is 1. The molecule has 0 aliphatic carbocycles. The molecular formula is C36H47ClN4O2. The highest BCUT2D eigenvalue weighted by Crippen LogP contribution is 2.38. The van der Waals surface area contributed by atoms with Gasteiger partial charge < -0.3 is 25.5 Å². The first kappa shape index (κ1) is 31.5. The molecule has 43 heavy (non-hydrogen) atoms. The van der Waals surface area contributed by atoms with Crippen LogP contribution in [0.4, 0.5) is 4.79 Å². The standard InChI is InChI=1S/C36H47ClN4O2/c1-2-40-24-18-33(19-25-40)39-34(42)38-28-35(29-10-5-3-6-11-29,30-12-7-4-8-13-30)20-9-23-41-26-21-36(43,22-27-41)31-14-16-32(37)17-15-31/h3-8,10-17,33,43H,2,9,18-28H2,1H3,(H2,38,39,42). The minimum absolute atomic E-state index is 0.0799. The molecule has 3 aromatic carbocycles. The number of rotatable bonds is 11. The van der Waals surface area contributed by atoms with Crippen molar-refractivity contribution in [1.29, 1.82) is 0 Å². The lowest BCUT2D eigenvalue weighted by atomic mass is 9.71. The topological polar surface area (TPSA) is 67.8 Å². The van der Waals surface area contributed by atoms with Gasteiger partial charge in [0.05, 0.1) is 5.60 Å². The number of amides is 2. The van der Waals surface area contributed by atoms with Gasteiger partial charge in [-0.15, -0.1) is 0 Å². The molecule has 2 heterocycles. The van der Waals surface area contributed by atoms with E-state index in [1.54, 1.807) is 0 Å². The van der Waals surface area contributed by atoms with Gasteiger partial charge in [0.2, 0.25) is 0 Å². The number of aliphatic hydroxyl groups is 1. The number of carbonyl (C=O) groups is 1. The number of benzene rings is 3. The van der Waals surface area contributed by atoms with Gasteiger partial charge in [-0.3, -0.25) is 0 Å². The van der Waals surface area contributed by atoms with E-state index in [9.17, 15) is 9.90 Å². The molecule has 3 N–H and O–H groups in total. The fraction of sp³-hybridized carbons (Fsp3) is 0.472. The predicted octanol–water partition coefficient (Wildman–Crippen LogP) is 6.17. The van der Waals surface area contributed by atoms with E-state index >= 15 is 0 Å². The van der Waals surface area contributed by atoms with E-state index < -0.39 is 5.60 Å².